The minimum atomic E-state index is -0.0868. The van der Waals surface area contributed by atoms with Gasteiger partial charge in [-0.2, -0.15) is 0 Å². The molecule has 0 rings (SSSR count). The monoisotopic (exact) mass is 586 g/mol. The number of rotatable bonds is 28. The number of ether oxygens (including phenoxy) is 2. The molecule has 0 aromatic rings. The van der Waals surface area contributed by atoms with Gasteiger partial charge < -0.3 is 9.47 Å². The third-order valence-corrected chi connectivity index (χ3v) is 6.90. The van der Waals surface area contributed by atoms with Gasteiger partial charge in [0.2, 0.25) is 0 Å². The van der Waals surface area contributed by atoms with E-state index in [4.69, 9.17) is 0 Å². The molecule has 0 aliphatic heterocycles. The zero-order valence-electron chi connectivity index (χ0n) is 28.0. The van der Waals surface area contributed by atoms with Gasteiger partial charge in [0.15, 0.2) is 0 Å². The van der Waals surface area contributed by atoms with Crippen LogP contribution in [0.1, 0.15) is 155 Å². The van der Waals surface area contributed by atoms with E-state index < -0.39 is 0 Å². The van der Waals surface area contributed by atoms with Gasteiger partial charge in [0.05, 0.1) is 14.2 Å². The summed E-state index contributed by atoms with van der Waals surface area (Å²) < 4.78 is 9.22. The highest BCUT2D eigenvalue weighted by Crippen LogP contribution is 2.10. The van der Waals surface area contributed by atoms with Crippen molar-refractivity contribution in [2.45, 2.75) is 155 Å². The van der Waals surface area contributed by atoms with Crippen molar-refractivity contribution in [1.29, 1.82) is 0 Å². The van der Waals surface area contributed by atoms with Crippen molar-refractivity contribution >= 4 is 11.9 Å². The van der Waals surface area contributed by atoms with Crippen LogP contribution in [0.5, 0.6) is 0 Å². The van der Waals surface area contributed by atoms with E-state index in [-0.39, 0.29) is 11.9 Å². The molecule has 0 N–H and O–H groups in total. The smallest absolute Gasteiger partial charge is 0.305 e. The molecular formula is C38H66O4-2. The molecule has 4 nitrogen and oxygen atoms in total. The molecule has 0 heterocycles. The topological polar surface area (TPSA) is 52.6 Å². The lowest BCUT2D eigenvalue weighted by Gasteiger charge is -2.03. The Hall–Kier alpha value is -2.36. The quantitative estimate of drug-likeness (QED) is 0.0396. The van der Waals surface area contributed by atoms with E-state index in [0.717, 1.165) is 38.5 Å². The van der Waals surface area contributed by atoms with Gasteiger partial charge in [-0.3, -0.25) is 9.59 Å². The van der Waals surface area contributed by atoms with Gasteiger partial charge in [-0.05, 0) is 38.5 Å². The standard InChI is InChI=1S/2C19H33O2/c2*1-3-4-5-6-7-8-9-10-11-12-13-14-15-16-17-18-19(20)21-2/h2*7-11H,3-6,12-18H2,1-2H3/q2*-1. The molecule has 0 aromatic heterocycles. The number of hydrogen-bond acceptors (Lipinski definition) is 4. The van der Waals surface area contributed by atoms with Crippen LogP contribution in [0.2, 0.25) is 0 Å². The number of carbonyl (C=O) groups excluding carboxylic acids is 2. The van der Waals surface area contributed by atoms with Crippen LogP contribution >= 0.6 is 0 Å². The number of esters is 2. The highest BCUT2D eigenvalue weighted by Gasteiger charge is 1.99. The maximum Gasteiger partial charge on any atom is 0.305 e. The second kappa shape index (κ2) is 38.6. The fourth-order valence-corrected chi connectivity index (χ4v) is 4.18. The fraction of sp³-hybridized carbons (Fsp3) is 0.684. The first-order valence-electron chi connectivity index (χ1n) is 17.1. The molecule has 0 radical (unpaired) electrons. The van der Waals surface area contributed by atoms with Crippen LogP contribution in [-0.2, 0) is 19.1 Å². The molecular weight excluding hydrogens is 520 g/mol. The largest absolute Gasteiger partial charge is 0.469 e. The van der Waals surface area contributed by atoms with Crippen molar-refractivity contribution in [3.8, 4) is 0 Å². The minimum Gasteiger partial charge on any atom is -0.469 e. The Labute approximate surface area is 261 Å². The summed E-state index contributed by atoms with van der Waals surface area (Å²) in [6.45, 7) is 4.47. The summed E-state index contributed by atoms with van der Waals surface area (Å²) >= 11 is 0. The van der Waals surface area contributed by atoms with Crippen molar-refractivity contribution < 1.29 is 19.1 Å². The van der Waals surface area contributed by atoms with Crippen molar-refractivity contribution in [2.75, 3.05) is 14.2 Å². The normalized spacial score (nSPS) is 11.3. The number of unbranched alkanes of at least 4 members (excludes halogenated alkanes) is 18. The molecule has 0 unspecified atom stereocenters. The molecule has 244 valence electrons. The van der Waals surface area contributed by atoms with Crippen LogP contribution in [0, 0.1) is 12.8 Å². The summed E-state index contributed by atoms with van der Waals surface area (Å²) in [5.41, 5.74) is 0. The molecule has 42 heavy (non-hydrogen) atoms. The molecule has 0 saturated heterocycles. The SMILES string of the molecule is CCCCCC=CC=C[CH-]CCCCCCCC(=O)OC.CCCCCC=CC=C[CH-]CCCCCCCC(=O)OC. The lowest BCUT2D eigenvalue weighted by Crippen LogP contribution is -1.99. The third-order valence-electron chi connectivity index (χ3n) is 6.90. The van der Waals surface area contributed by atoms with E-state index in [1.807, 2.05) is 0 Å². The maximum atomic E-state index is 10.9. The molecule has 0 fully saturated rings. The van der Waals surface area contributed by atoms with Gasteiger partial charge in [0.25, 0.3) is 0 Å². The van der Waals surface area contributed by atoms with Gasteiger partial charge in [-0.25, -0.2) is 37.1 Å². The van der Waals surface area contributed by atoms with Gasteiger partial charge in [0.1, 0.15) is 0 Å². The van der Waals surface area contributed by atoms with Gasteiger partial charge in [-0.15, -0.1) is 37.1 Å². The summed E-state index contributed by atoms with van der Waals surface area (Å²) in [5, 5.41) is 0. The number of allylic oxidation sites excluding steroid dienone is 8. The van der Waals surface area contributed by atoms with Crippen LogP contribution in [0.15, 0.2) is 48.6 Å². The van der Waals surface area contributed by atoms with E-state index in [1.54, 1.807) is 0 Å². The summed E-state index contributed by atoms with van der Waals surface area (Å²) in [6.07, 6.45) is 47.1. The van der Waals surface area contributed by atoms with Gasteiger partial charge in [-0.1, -0.05) is 90.9 Å². The summed E-state index contributed by atoms with van der Waals surface area (Å²) in [7, 11) is 2.90. The van der Waals surface area contributed by atoms with Crippen molar-refractivity contribution in [1.82, 2.24) is 0 Å². The van der Waals surface area contributed by atoms with Crippen molar-refractivity contribution in [3.05, 3.63) is 61.4 Å². The van der Waals surface area contributed by atoms with E-state index in [0.29, 0.717) is 12.8 Å². The maximum absolute atomic E-state index is 10.9. The number of methoxy groups -OCH3 is 2. The highest BCUT2D eigenvalue weighted by atomic mass is 16.5. The predicted octanol–water partition coefficient (Wildman–Crippen LogP) is 11.6. The molecule has 0 bridgehead atoms. The zero-order valence-corrected chi connectivity index (χ0v) is 28.0. The Kier molecular flexibility index (Phi) is 38.4. The number of carbonyl (C=O) groups is 2. The predicted molar refractivity (Wildman–Crippen MR) is 182 cm³/mol. The van der Waals surface area contributed by atoms with Crippen LogP contribution < -0.4 is 0 Å². The number of hydrogen-bond donors (Lipinski definition) is 0. The van der Waals surface area contributed by atoms with Gasteiger partial charge in [0, 0.05) is 12.8 Å². The molecule has 0 spiro atoms. The van der Waals surface area contributed by atoms with E-state index in [1.165, 1.54) is 104 Å². The second-order valence-electron chi connectivity index (χ2n) is 10.9. The van der Waals surface area contributed by atoms with E-state index >= 15 is 0 Å². The van der Waals surface area contributed by atoms with Crippen LogP contribution in [0.25, 0.3) is 0 Å². The molecule has 4 heteroatoms. The molecule has 0 atom stereocenters. The molecule has 0 saturated carbocycles. The fourth-order valence-electron chi connectivity index (χ4n) is 4.18. The van der Waals surface area contributed by atoms with E-state index in [2.05, 4.69) is 84.8 Å². The Balaban J connectivity index is 0. The zero-order chi connectivity index (χ0) is 31.2. The summed E-state index contributed by atoms with van der Waals surface area (Å²) in [6, 6.07) is 0. The Morgan fingerprint density at radius 3 is 1.26 bits per heavy atom. The lowest BCUT2D eigenvalue weighted by molar-refractivity contribution is -0.141. The molecule has 0 aromatic carbocycles. The van der Waals surface area contributed by atoms with Gasteiger partial charge >= 0.3 is 11.9 Å². The van der Waals surface area contributed by atoms with Crippen LogP contribution in [0.3, 0.4) is 0 Å². The first-order valence-corrected chi connectivity index (χ1v) is 17.1. The first-order chi connectivity index (χ1) is 20.6. The Morgan fingerprint density at radius 2 is 0.881 bits per heavy atom. The molecule has 0 aliphatic carbocycles. The van der Waals surface area contributed by atoms with Crippen LogP contribution in [-0.4, -0.2) is 26.2 Å². The average Bonchev–Trinajstić information content (AvgIpc) is 3.01. The Morgan fingerprint density at radius 1 is 0.500 bits per heavy atom. The Bertz CT molecular complexity index is 617. The minimum absolute atomic E-state index is 0.0868. The van der Waals surface area contributed by atoms with Crippen molar-refractivity contribution in [3.63, 3.8) is 0 Å². The first kappa shape index (κ1) is 41.8. The van der Waals surface area contributed by atoms with E-state index in [9.17, 15) is 9.59 Å². The lowest BCUT2D eigenvalue weighted by atomic mass is 10.1. The highest BCUT2D eigenvalue weighted by molar-refractivity contribution is 5.69. The molecule has 0 amide bonds. The second-order valence-corrected chi connectivity index (χ2v) is 10.9. The van der Waals surface area contributed by atoms with Crippen LogP contribution in [0.4, 0.5) is 0 Å². The summed E-state index contributed by atoms with van der Waals surface area (Å²) in [5.74, 6) is -0.174. The molecule has 0 aliphatic rings. The van der Waals surface area contributed by atoms with Crippen molar-refractivity contribution in [2.24, 2.45) is 0 Å². The third kappa shape index (κ3) is 39.8. The summed E-state index contributed by atoms with van der Waals surface area (Å²) in [4.78, 5) is 21.8. The average molecular weight is 587 g/mol.